The summed E-state index contributed by atoms with van der Waals surface area (Å²) in [6, 6.07) is 3.87. The molecular formula is C14H20Cl4O4S. The second kappa shape index (κ2) is 12.3. The maximum absolute atomic E-state index is 9.16. The third-order valence-electron chi connectivity index (χ3n) is 2.45. The molecule has 1 aromatic carbocycles. The van der Waals surface area contributed by atoms with Crippen LogP contribution in [0, 0.1) is 0 Å². The Labute approximate surface area is 156 Å². The zero-order chi connectivity index (χ0) is 17.9. The molecule has 9 heteroatoms. The van der Waals surface area contributed by atoms with Crippen molar-refractivity contribution in [2.24, 2.45) is 0 Å². The minimum atomic E-state index is -3.72. The van der Waals surface area contributed by atoms with Crippen LogP contribution in [0.25, 0.3) is 0 Å². The van der Waals surface area contributed by atoms with E-state index in [1.807, 2.05) is 12.1 Å². The van der Waals surface area contributed by atoms with Gasteiger partial charge in [0, 0.05) is 32.5 Å². The highest BCUT2D eigenvalue weighted by molar-refractivity contribution is 8.31. The number of hydrogen-bond acceptors (Lipinski definition) is 4. The van der Waals surface area contributed by atoms with Crippen molar-refractivity contribution in [3.05, 3.63) is 23.3 Å². The van der Waals surface area contributed by atoms with Crippen LogP contribution in [0.15, 0.2) is 12.1 Å². The van der Waals surface area contributed by atoms with Gasteiger partial charge in [-0.15, -0.1) is 23.2 Å². The van der Waals surface area contributed by atoms with E-state index in [4.69, 9.17) is 41.1 Å². The fourth-order valence-electron chi connectivity index (χ4n) is 1.55. The molecule has 0 amide bonds. The van der Waals surface area contributed by atoms with Crippen LogP contribution >= 0.6 is 44.6 Å². The lowest BCUT2D eigenvalue weighted by Gasteiger charge is -2.15. The van der Waals surface area contributed by atoms with E-state index in [0.29, 0.717) is 25.0 Å². The van der Waals surface area contributed by atoms with Crippen molar-refractivity contribution in [2.75, 3.05) is 13.2 Å². The molecule has 0 unspecified atom stereocenters. The van der Waals surface area contributed by atoms with Gasteiger partial charge in [0.05, 0.1) is 25.0 Å². The molecule has 1 rings (SSSR count). The predicted molar refractivity (Wildman–Crippen MR) is 97.8 cm³/mol. The van der Waals surface area contributed by atoms with Crippen molar-refractivity contribution >= 4 is 52.8 Å². The summed E-state index contributed by atoms with van der Waals surface area (Å²) in [7, 11) is 4.81. The summed E-state index contributed by atoms with van der Waals surface area (Å²) in [4.78, 5) is 0. The van der Waals surface area contributed by atoms with Gasteiger partial charge in [0.15, 0.2) is 0 Å². The molecule has 23 heavy (non-hydrogen) atoms. The standard InChI is InChI=1S/C14H20Cl2O2.Cl2O2S/c1-3-5-17-13-7-12(10-16)14(18-6-4-2)8-11(13)9-15;1-5(2,3)4/h7-8H,3-6,9-10H2,1-2H3;. The van der Waals surface area contributed by atoms with Crippen LogP contribution in [0.4, 0.5) is 0 Å². The molecule has 0 N–H and O–H groups in total. The van der Waals surface area contributed by atoms with Crippen molar-refractivity contribution in [2.45, 2.75) is 38.4 Å². The fraction of sp³-hybridized carbons (Fsp3) is 0.571. The van der Waals surface area contributed by atoms with Crippen LogP contribution < -0.4 is 9.47 Å². The maximum Gasteiger partial charge on any atom is 0.317 e. The van der Waals surface area contributed by atoms with E-state index in [-0.39, 0.29) is 0 Å². The van der Waals surface area contributed by atoms with E-state index in [1.165, 1.54) is 0 Å². The van der Waals surface area contributed by atoms with E-state index in [9.17, 15) is 0 Å². The van der Waals surface area contributed by atoms with Crippen molar-refractivity contribution in [1.29, 1.82) is 0 Å². The van der Waals surface area contributed by atoms with Gasteiger partial charge in [-0.25, -0.2) is 0 Å². The van der Waals surface area contributed by atoms with E-state index < -0.39 is 8.26 Å². The number of rotatable bonds is 8. The van der Waals surface area contributed by atoms with E-state index in [1.54, 1.807) is 0 Å². The highest BCUT2D eigenvalue weighted by Gasteiger charge is 2.11. The van der Waals surface area contributed by atoms with Gasteiger partial charge in [-0.2, -0.15) is 8.42 Å². The van der Waals surface area contributed by atoms with Gasteiger partial charge in [0.1, 0.15) is 11.5 Å². The van der Waals surface area contributed by atoms with Gasteiger partial charge >= 0.3 is 8.26 Å². The summed E-state index contributed by atoms with van der Waals surface area (Å²) in [6.45, 7) is 5.50. The molecule has 134 valence electrons. The minimum absolute atomic E-state index is 0.407. The number of halogens is 4. The average Bonchev–Trinajstić information content (AvgIpc) is 2.48. The third kappa shape index (κ3) is 11.2. The first-order chi connectivity index (χ1) is 10.8. The van der Waals surface area contributed by atoms with Crippen LogP contribution in [0.5, 0.6) is 11.5 Å². The zero-order valence-corrected chi connectivity index (χ0v) is 16.8. The smallest absolute Gasteiger partial charge is 0.317 e. The monoisotopic (exact) mass is 424 g/mol. The normalized spacial score (nSPS) is 10.7. The Hall–Kier alpha value is -0.0700. The Balaban J connectivity index is 0.000000841. The summed E-state index contributed by atoms with van der Waals surface area (Å²) >= 11 is 11.9. The van der Waals surface area contributed by atoms with Gasteiger partial charge in [0.2, 0.25) is 0 Å². The molecule has 0 heterocycles. The molecule has 4 nitrogen and oxygen atoms in total. The van der Waals surface area contributed by atoms with E-state index >= 15 is 0 Å². The van der Waals surface area contributed by atoms with Gasteiger partial charge in [-0.1, -0.05) is 13.8 Å². The highest BCUT2D eigenvalue weighted by Crippen LogP contribution is 2.31. The number of benzene rings is 1. The largest absolute Gasteiger partial charge is 0.493 e. The van der Waals surface area contributed by atoms with Crippen molar-refractivity contribution in [3.63, 3.8) is 0 Å². The van der Waals surface area contributed by atoms with Crippen molar-refractivity contribution < 1.29 is 17.9 Å². The van der Waals surface area contributed by atoms with Crippen LogP contribution in [0.2, 0.25) is 0 Å². The SMILES string of the molecule is CCCOc1cc(CCl)c(OCCC)cc1CCl.O=S(=O)(Cl)Cl. The highest BCUT2D eigenvalue weighted by atomic mass is 36.0. The van der Waals surface area contributed by atoms with E-state index in [2.05, 4.69) is 35.2 Å². The van der Waals surface area contributed by atoms with Gasteiger partial charge in [-0.3, -0.25) is 0 Å². The molecule has 0 saturated carbocycles. The Bertz CT molecular complexity index is 520. The minimum Gasteiger partial charge on any atom is -0.493 e. The molecule has 0 saturated heterocycles. The molecule has 1 aromatic rings. The lowest BCUT2D eigenvalue weighted by atomic mass is 10.1. The summed E-state index contributed by atoms with van der Waals surface area (Å²) < 4.78 is 29.7. The quantitative estimate of drug-likeness (QED) is 0.410. The summed E-state index contributed by atoms with van der Waals surface area (Å²) in [5.74, 6) is 2.44. The number of hydrogen-bond donors (Lipinski definition) is 0. The Morgan fingerprint density at radius 2 is 1.17 bits per heavy atom. The predicted octanol–water partition coefficient (Wildman–Crippen LogP) is 5.45. The van der Waals surface area contributed by atoms with Crippen LogP contribution in [-0.2, 0) is 20.0 Å². The second-order valence-electron chi connectivity index (χ2n) is 4.41. The Morgan fingerprint density at radius 3 is 1.39 bits per heavy atom. The first kappa shape index (κ1) is 22.9. The Kier molecular flexibility index (Phi) is 12.3. The second-order valence-corrected chi connectivity index (χ2v) is 8.61. The fourth-order valence-corrected chi connectivity index (χ4v) is 1.96. The summed E-state index contributed by atoms with van der Waals surface area (Å²) in [5, 5.41) is 0. The number of ether oxygens (including phenoxy) is 2. The van der Waals surface area contributed by atoms with Gasteiger partial charge in [-0.05, 0) is 25.0 Å². The molecule has 0 aliphatic carbocycles. The summed E-state index contributed by atoms with van der Waals surface area (Å²) in [5.41, 5.74) is 1.90. The molecule has 0 atom stereocenters. The average molecular weight is 426 g/mol. The van der Waals surface area contributed by atoms with Crippen LogP contribution in [0.1, 0.15) is 37.8 Å². The molecule has 0 aliphatic rings. The molecular weight excluding hydrogens is 406 g/mol. The lowest BCUT2D eigenvalue weighted by Crippen LogP contribution is -2.03. The van der Waals surface area contributed by atoms with Crippen LogP contribution in [0.3, 0.4) is 0 Å². The van der Waals surface area contributed by atoms with Gasteiger partial charge in [0.25, 0.3) is 0 Å². The van der Waals surface area contributed by atoms with Crippen molar-refractivity contribution in [3.8, 4) is 11.5 Å². The maximum atomic E-state index is 9.16. The number of alkyl halides is 2. The first-order valence-electron chi connectivity index (χ1n) is 6.94. The molecule has 0 spiro atoms. The molecule has 0 aromatic heterocycles. The van der Waals surface area contributed by atoms with E-state index in [0.717, 1.165) is 35.5 Å². The molecule has 0 bridgehead atoms. The first-order valence-corrected chi connectivity index (χ1v) is 11.1. The molecule has 0 aliphatic heterocycles. The zero-order valence-electron chi connectivity index (χ0n) is 13.0. The molecule has 0 fully saturated rings. The molecule has 0 radical (unpaired) electrons. The Morgan fingerprint density at radius 1 is 0.870 bits per heavy atom. The summed E-state index contributed by atoms with van der Waals surface area (Å²) in [6.07, 6.45) is 1.93. The van der Waals surface area contributed by atoms with Gasteiger partial charge < -0.3 is 9.47 Å². The van der Waals surface area contributed by atoms with Crippen molar-refractivity contribution in [1.82, 2.24) is 0 Å². The topological polar surface area (TPSA) is 52.6 Å². The lowest BCUT2D eigenvalue weighted by molar-refractivity contribution is 0.305. The third-order valence-corrected chi connectivity index (χ3v) is 3.03. The van der Waals surface area contributed by atoms with Crippen LogP contribution in [-0.4, -0.2) is 21.6 Å².